The van der Waals surface area contributed by atoms with Crippen molar-refractivity contribution in [1.82, 2.24) is 0 Å². The molecule has 0 amide bonds. The molecule has 0 atom stereocenters. The number of rotatable bonds is 2. The summed E-state index contributed by atoms with van der Waals surface area (Å²) >= 11 is 5.44. The van der Waals surface area contributed by atoms with Crippen LogP contribution in [0.3, 0.4) is 0 Å². The van der Waals surface area contributed by atoms with E-state index in [4.69, 9.17) is 16.7 Å². The fourth-order valence-corrected chi connectivity index (χ4v) is 1.50. The minimum atomic E-state index is -4.19. The summed E-state index contributed by atoms with van der Waals surface area (Å²) < 4.78 is 21.4. The van der Waals surface area contributed by atoms with E-state index in [-0.39, 0.29) is 34.6 Å². The van der Waals surface area contributed by atoms with Crippen LogP contribution in [0.2, 0.25) is 5.02 Å². The van der Waals surface area contributed by atoms with Crippen molar-refractivity contribution < 1.29 is 42.9 Å². The Bertz CT molecular complexity index is 490. The number of nitro benzene ring substituents is 1. The van der Waals surface area contributed by atoms with Gasteiger partial charge < -0.3 is 5.14 Å². The van der Waals surface area contributed by atoms with Gasteiger partial charge in [-0.2, -0.15) is 0 Å². The monoisotopic (exact) mass is 258 g/mol. The first-order chi connectivity index (χ1) is 6.32. The van der Waals surface area contributed by atoms with E-state index in [2.05, 4.69) is 0 Å². The normalized spacial score (nSPS) is 10.5. The molecule has 0 saturated carbocycles. The van der Waals surface area contributed by atoms with Gasteiger partial charge in [-0.1, -0.05) is 11.6 Å². The van der Waals surface area contributed by atoms with Crippen LogP contribution in [0, 0.1) is 10.1 Å². The van der Waals surface area contributed by atoms with E-state index in [9.17, 15) is 18.5 Å². The Hall–Kier alpha value is -0.180. The van der Waals surface area contributed by atoms with Crippen molar-refractivity contribution in [3.05, 3.63) is 38.5 Å². The third-order valence-electron chi connectivity index (χ3n) is 1.42. The number of halogens is 1. The SMILES string of the molecule is [NH-]S(=O)(=O)c1ccc(Cl)c([N+](=O)[O-])c1.[Na+]. The first-order valence-electron chi connectivity index (χ1n) is 3.26. The molecule has 0 aliphatic heterocycles. The fourth-order valence-electron chi connectivity index (χ4n) is 0.800. The van der Waals surface area contributed by atoms with E-state index < -0.39 is 25.5 Å². The Labute approximate surface area is 113 Å². The molecule has 0 aliphatic carbocycles. The number of nitrogens with one attached hydrogen (secondary N) is 1. The number of nitrogens with zero attached hydrogens (tertiary/aromatic N) is 1. The van der Waals surface area contributed by atoms with Crippen LogP contribution in [-0.4, -0.2) is 13.3 Å². The molecule has 76 valence electrons. The van der Waals surface area contributed by atoms with Gasteiger partial charge in [-0.25, -0.2) is 8.42 Å². The van der Waals surface area contributed by atoms with Gasteiger partial charge in [0, 0.05) is 6.07 Å². The van der Waals surface area contributed by atoms with Gasteiger partial charge in [0.25, 0.3) is 5.69 Å². The van der Waals surface area contributed by atoms with Crippen LogP contribution in [-0.2, 0) is 10.0 Å². The molecule has 9 heteroatoms. The predicted molar refractivity (Wildman–Crippen MR) is 49.6 cm³/mol. The van der Waals surface area contributed by atoms with E-state index in [1.54, 1.807) is 0 Å². The molecule has 15 heavy (non-hydrogen) atoms. The van der Waals surface area contributed by atoms with Gasteiger partial charge in [0.05, 0.1) is 19.8 Å². The molecule has 1 N–H and O–H groups in total. The summed E-state index contributed by atoms with van der Waals surface area (Å²) in [5, 5.41) is 16.9. The minimum Gasteiger partial charge on any atom is -0.560 e. The Morgan fingerprint density at radius 3 is 2.33 bits per heavy atom. The zero-order chi connectivity index (χ0) is 10.9. The second-order valence-corrected chi connectivity index (χ2v) is 4.26. The van der Waals surface area contributed by atoms with Crippen molar-refractivity contribution in [2.75, 3.05) is 0 Å². The number of nitro groups is 1. The Kier molecular flexibility index (Phi) is 5.18. The van der Waals surface area contributed by atoms with Gasteiger partial charge in [-0.3, -0.25) is 10.1 Å². The molecule has 0 heterocycles. The summed E-state index contributed by atoms with van der Waals surface area (Å²) in [4.78, 5) is 9.11. The van der Waals surface area contributed by atoms with E-state index in [1.165, 1.54) is 0 Å². The van der Waals surface area contributed by atoms with Crippen molar-refractivity contribution in [2.24, 2.45) is 0 Å². The number of benzene rings is 1. The van der Waals surface area contributed by atoms with Crippen LogP contribution >= 0.6 is 11.6 Å². The molecular formula is C6H4ClN2NaO4S. The molecule has 0 aliphatic rings. The molecule has 0 saturated heterocycles. The summed E-state index contributed by atoms with van der Waals surface area (Å²) in [5.74, 6) is 0. The van der Waals surface area contributed by atoms with Crippen molar-refractivity contribution in [1.29, 1.82) is 0 Å². The number of sulfonamides is 1. The van der Waals surface area contributed by atoms with Crippen LogP contribution in [0.1, 0.15) is 0 Å². The Morgan fingerprint density at radius 1 is 1.40 bits per heavy atom. The van der Waals surface area contributed by atoms with Crippen LogP contribution in [0.15, 0.2) is 23.1 Å². The molecular weight excluding hydrogens is 255 g/mol. The standard InChI is InChI=1S/C6H4ClN2O4S.Na/c7-5-2-1-4(14(8,12)13)3-6(5)9(10)11;/h1-3H,(H-,8,12,13);/q-1;+1. The topological polar surface area (TPSA) is 101 Å². The zero-order valence-electron chi connectivity index (χ0n) is 7.60. The molecule has 0 aromatic heterocycles. The molecule has 0 radical (unpaired) electrons. The van der Waals surface area contributed by atoms with Gasteiger partial charge >= 0.3 is 29.6 Å². The second-order valence-electron chi connectivity index (χ2n) is 2.37. The van der Waals surface area contributed by atoms with Gasteiger partial charge in [0.2, 0.25) is 0 Å². The van der Waals surface area contributed by atoms with E-state index in [1.807, 2.05) is 0 Å². The number of hydrogen-bond acceptors (Lipinski definition) is 4. The minimum absolute atomic E-state index is 0. The van der Waals surface area contributed by atoms with Crippen LogP contribution in [0.25, 0.3) is 5.14 Å². The third kappa shape index (κ3) is 3.71. The predicted octanol–water partition coefficient (Wildman–Crippen LogP) is -1.01. The molecule has 0 spiro atoms. The maximum absolute atomic E-state index is 10.7. The molecule has 6 nitrogen and oxygen atoms in total. The molecule has 0 unspecified atom stereocenters. The third-order valence-corrected chi connectivity index (χ3v) is 2.62. The molecule has 1 rings (SSSR count). The summed E-state index contributed by atoms with van der Waals surface area (Å²) in [6.45, 7) is 0. The fraction of sp³-hybridized carbons (Fsp3) is 0. The van der Waals surface area contributed by atoms with Crippen molar-refractivity contribution in [2.45, 2.75) is 4.90 Å². The van der Waals surface area contributed by atoms with Crippen LogP contribution in [0.4, 0.5) is 5.69 Å². The summed E-state index contributed by atoms with van der Waals surface area (Å²) in [6.07, 6.45) is 0. The smallest absolute Gasteiger partial charge is 0.560 e. The first kappa shape index (κ1) is 14.8. The van der Waals surface area contributed by atoms with Gasteiger partial charge in [-0.15, -0.1) is 0 Å². The largest absolute Gasteiger partial charge is 1.00 e. The Morgan fingerprint density at radius 2 is 1.93 bits per heavy atom. The molecule has 1 aromatic rings. The van der Waals surface area contributed by atoms with E-state index >= 15 is 0 Å². The average molecular weight is 259 g/mol. The van der Waals surface area contributed by atoms with Crippen LogP contribution in [0.5, 0.6) is 0 Å². The summed E-state index contributed by atoms with van der Waals surface area (Å²) in [6, 6.07) is 2.86. The van der Waals surface area contributed by atoms with E-state index in [0.29, 0.717) is 0 Å². The van der Waals surface area contributed by atoms with Crippen molar-refractivity contribution in [3.8, 4) is 0 Å². The van der Waals surface area contributed by atoms with Crippen molar-refractivity contribution in [3.63, 3.8) is 0 Å². The average Bonchev–Trinajstić information content (AvgIpc) is 2.02. The quantitative estimate of drug-likeness (QED) is 0.385. The number of hydrogen-bond donors (Lipinski definition) is 0. The summed E-state index contributed by atoms with van der Waals surface area (Å²) in [5.41, 5.74) is -0.528. The maximum atomic E-state index is 10.7. The zero-order valence-corrected chi connectivity index (χ0v) is 11.2. The van der Waals surface area contributed by atoms with Crippen LogP contribution < -0.4 is 29.6 Å². The molecule has 0 bridgehead atoms. The van der Waals surface area contributed by atoms with Gasteiger partial charge in [-0.05, 0) is 12.1 Å². The maximum Gasteiger partial charge on any atom is 1.00 e. The first-order valence-corrected chi connectivity index (χ1v) is 5.12. The van der Waals surface area contributed by atoms with Crippen molar-refractivity contribution >= 4 is 27.3 Å². The summed E-state index contributed by atoms with van der Waals surface area (Å²) in [7, 11) is -4.19. The molecule has 0 fully saturated rings. The van der Waals surface area contributed by atoms with Gasteiger partial charge in [0.15, 0.2) is 0 Å². The van der Waals surface area contributed by atoms with E-state index in [0.717, 1.165) is 18.2 Å². The van der Waals surface area contributed by atoms with Gasteiger partial charge in [0.1, 0.15) is 5.02 Å². The Balaban J connectivity index is 0.00000196. The second kappa shape index (κ2) is 5.24. The molecule has 1 aromatic carbocycles.